The van der Waals surface area contributed by atoms with E-state index in [1.807, 2.05) is 20.8 Å². The van der Waals surface area contributed by atoms with E-state index in [1.165, 1.54) is 6.92 Å². The number of hydrogen-bond donors (Lipinski definition) is 2. The number of aliphatic hydroxyl groups excluding tert-OH is 1. The second-order valence-corrected chi connectivity index (χ2v) is 10.6. The Kier molecular flexibility index (Phi) is 2.79. The molecule has 158 valence electrons. The summed E-state index contributed by atoms with van der Waals surface area (Å²) in [5, 5.41) is 23.0. The maximum Gasteiger partial charge on any atom is 0.342 e. The molecular weight excluding hydrogens is 384 g/mol. The van der Waals surface area contributed by atoms with Crippen LogP contribution in [-0.4, -0.2) is 63.9 Å². The molecular formula is C20H24O9. The maximum atomic E-state index is 13.3. The van der Waals surface area contributed by atoms with Crippen molar-refractivity contribution in [1.82, 2.24) is 0 Å². The highest BCUT2D eigenvalue weighted by molar-refractivity contribution is 5.93. The zero-order valence-electron chi connectivity index (χ0n) is 16.6. The molecule has 9 heteroatoms. The van der Waals surface area contributed by atoms with Gasteiger partial charge in [0.25, 0.3) is 0 Å². The van der Waals surface area contributed by atoms with Crippen molar-refractivity contribution in [2.24, 2.45) is 28.1 Å². The summed E-state index contributed by atoms with van der Waals surface area (Å²) in [5.74, 6) is -3.52. The van der Waals surface area contributed by atoms with E-state index in [4.69, 9.17) is 18.9 Å². The van der Waals surface area contributed by atoms with Gasteiger partial charge in [-0.15, -0.1) is 0 Å². The molecule has 0 aromatic rings. The fourth-order valence-corrected chi connectivity index (χ4v) is 8.06. The van der Waals surface area contributed by atoms with Gasteiger partial charge in [-0.25, -0.2) is 9.59 Å². The lowest BCUT2D eigenvalue weighted by Gasteiger charge is -2.46. The first-order valence-electron chi connectivity index (χ1n) is 10.1. The molecule has 29 heavy (non-hydrogen) atoms. The van der Waals surface area contributed by atoms with Gasteiger partial charge in [0.2, 0.25) is 11.9 Å². The van der Waals surface area contributed by atoms with E-state index in [2.05, 4.69) is 0 Å². The summed E-state index contributed by atoms with van der Waals surface area (Å²) >= 11 is 0. The molecule has 6 aliphatic rings. The molecule has 2 N–H and O–H groups in total. The maximum absolute atomic E-state index is 13.3. The summed E-state index contributed by atoms with van der Waals surface area (Å²) in [6.45, 7) is 7.47. The van der Waals surface area contributed by atoms with Crippen molar-refractivity contribution < 1.29 is 43.5 Å². The van der Waals surface area contributed by atoms with Crippen molar-refractivity contribution in [2.45, 2.75) is 76.3 Å². The number of rotatable bonds is 0. The van der Waals surface area contributed by atoms with Crippen LogP contribution >= 0.6 is 0 Å². The topological polar surface area (TPSA) is 129 Å². The van der Waals surface area contributed by atoms with Crippen LogP contribution in [-0.2, 0) is 33.3 Å². The van der Waals surface area contributed by atoms with Gasteiger partial charge < -0.3 is 29.2 Å². The van der Waals surface area contributed by atoms with Gasteiger partial charge in [0.15, 0.2) is 11.7 Å². The first-order valence-corrected chi connectivity index (χ1v) is 10.1. The predicted octanol–water partition coefficient (Wildman–Crippen LogP) is -0.340. The third-order valence-corrected chi connectivity index (χ3v) is 8.97. The van der Waals surface area contributed by atoms with Gasteiger partial charge in [0, 0.05) is 6.42 Å². The third-order valence-electron chi connectivity index (χ3n) is 8.97. The number of carbonyl (C=O) groups is 3. The number of carbonyl (C=O) groups excluding carboxylic acids is 3. The average molecular weight is 408 g/mol. The molecule has 10 atom stereocenters. The molecule has 9 nitrogen and oxygen atoms in total. The highest BCUT2D eigenvalue weighted by atomic mass is 16.8. The first-order chi connectivity index (χ1) is 13.4. The fraction of sp³-hybridized carbons (Fsp3) is 0.850. The number of esters is 3. The van der Waals surface area contributed by atoms with E-state index in [1.54, 1.807) is 0 Å². The molecule has 0 aromatic carbocycles. The second kappa shape index (κ2) is 4.48. The Morgan fingerprint density at radius 2 is 1.72 bits per heavy atom. The summed E-state index contributed by atoms with van der Waals surface area (Å²) in [6, 6.07) is 0. The van der Waals surface area contributed by atoms with Crippen molar-refractivity contribution in [1.29, 1.82) is 0 Å². The SMILES string of the molecule is CC1C(=O)OC2CC34C5CC(C(C)(C)C)C36C(OC(=O)C6O)OC4(C(=O)O5)[C@]21O. The van der Waals surface area contributed by atoms with Crippen LogP contribution in [0.4, 0.5) is 0 Å². The Bertz CT molecular complexity index is 893. The summed E-state index contributed by atoms with van der Waals surface area (Å²) < 4.78 is 22.9. The highest BCUT2D eigenvalue weighted by Gasteiger charge is 3.01. The smallest absolute Gasteiger partial charge is 0.342 e. The Labute approximate surface area is 166 Å². The lowest BCUT2D eigenvalue weighted by Crippen LogP contribution is -2.66. The molecule has 9 unspecified atom stereocenters. The summed E-state index contributed by atoms with van der Waals surface area (Å²) in [6.07, 6.45) is -3.96. The monoisotopic (exact) mass is 408 g/mol. The summed E-state index contributed by atoms with van der Waals surface area (Å²) in [5.41, 5.74) is -6.81. The highest BCUT2D eigenvalue weighted by Crippen LogP contribution is 2.84. The standard InChI is InChI=1S/C20H24O9/c1-7-12(22)26-10-6-17-9-5-8(16(2,3)4)18(17)11(21)13(23)28-15(18)29-20(17,14(24)27-9)19(7,10)25/h7-11,15,21,25H,5-6H2,1-4H3/t7?,8?,9?,10?,11?,15?,17?,18?,19-,20?/m1/s1. The number of ether oxygens (including phenoxy) is 4. The van der Waals surface area contributed by atoms with Crippen molar-refractivity contribution in [2.75, 3.05) is 0 Å². The van der Waals surface area contributed by atoms with Gasteiger partial charge in [-0.3, -0.25) is 4.79 Å². The summed E-state index contributed by atoms with van der Waals surface area (Å²) in [4.78, 5) is 38.1. The van der Waals surface area contributed by atoms with Crippen molar-refractivity contribution in [3.63, 3.8) is 0 Å². The zero-order chi connectivity index (χ0) is 20.9. The molecule has 0 amide bonds. The molecule has 6 fully saturated rings. The van der Waals surface area contributed by atoms with Crippen LogP contribution in [0, 0.1) is 28.1 Å². The number of hydrogen-bond acceptors (Lipinski definition) is 9. The van der Waals surface area contributed by atoms with Crippen molar-refractivity contribution in [3.8, 4) is 0 Å². The van der Waals surface area contributed by atoms with Crippen LogP contribution in [0.2, 0.25) is 0 Å². The van der Waals surface area contributed by atoms with Crippen LogP contribution in [0.15, 0.2) is 0 Å². The molecule has 4 heterocycles. The van der Waals surface area contributed by atoms with Crippen molar-refractivity contribution >= 4 is 17.9 Å². The van der Waals surface area contributed by atoms with Gasteiger partial charge in [0.05, 0.1) is 16.7 Å². The van der Waals surface area contributed by atoms with E-state index in [0.29, 0.717) is 6.42 Å². The second-order valence-electron chi connectivity index (χ2n) is 10.6. The fourth-order valence-electron chi connectivity index (χ4n) is 8.06. The number of fused-ring (bicyclic) bond motifs is 1. The average Bonchev–Trinajstić information content (AvgIpc) is 3.31. The lowest BCUT2D eigenvalue weighted by molar-refractivity contribution is -0.238. The minimum absolute atomic E-state index is 0.0623. The molecule has 2 aliphatic carbocycles. The zero-order valence-corrected chi connectivity index (χ0v) is 16.6. The third kappa shape index (κ3) is 1.35. The molecule has 0 radical (unpaired) electrons. The first kappa shape index (κ1) is 18.1. The predicted molar refractivity (Wildman–Crippen MR) is 90.6 cm³/mol. The van der Waals surface area contributed by atoms with Crippen LogP contribution in [0.3, 0.4) is 0 Å². The minimum atomic E-state index is -1.97. The molecule has 6 rings (SSSR count). The Hall–Kier alpha value is -1.71. The van der Waals surface area contributed by atoms with E-state index in [0.717, 1.165) is 0 Å². The molecule has 4 saturated heterocycles. The van der Waals surface area contributed by atoms with Gasteiger partial charge in [-0.1, -0.05) is 20.8 Å². The van der Waals surface area contributed by atoms with Gasteiger partial charge in [-0.2, -0.15) is 0 Å². The van der Waals surface area contributed by atoms with E-state index in [9.17, 15) is 24.6 Å². The quantitative estimate of drug-likeness (QED) is 0.408. The van der Waals surface area contributed by atoms with E-state index >= 15 is 0 Å². The normalized spacial score (nSPS) is 59.2. The molecule has 4 aliphatic heterocycles. The minimum Gasteiger partial charge on any atom is -0.459 e. The van der Waals surface area contributed by atoms with Crippen LogP contribution in [0.1, 0.15) is 40.5 Å². The van der Waals surface area contributed by atoms with Gasteiger partial charge >= 0.3 is 17.9 Å². The van der Waals surface area contributed by atoms with Gasteiger partial charge in [-0.05, 0) is 24.7 Å². The van der Waals surface area contributed by atoms with Crippen LogP contribution in [0.5, 0.6) is 0 Å². The van der Waals surface area contributed by atoms with Crippen molar-refractivity contribution in [3.05, 3.63) is 0 Å². The molecule has 2 spiro atoms. The van der Waals surface area contributed by atoms with Gasteiger partial charge in [0.1, 0.15) is 12.2 Å². The molecule has 0 bridgehead atoms. The molecule has 0 aromatic heterocycles. The van der Waals surface area contributed by atoms with Crippen LogP contribution < -0.4 is 0 Å². The van der Waals surface area contributed by atoms with Crippen LogP contribution in [0.25, 0.3) is 0 Å². The number of aliphatic hydroxyl groups is 2. The molecule has 2 saturated carbocycles. The lowest BCUT2D eigenvalue weighted by atomic mass is 9.51. The largest absolute Gasteiger partial charge is 0.459 e. The van der Waals surface area contributed by atoms with E-state index < -0.39 is 70.5 Å². The van der Waals surface area contributed by atoms with E-state index in [-0.39, 0.29) is 17.8 Å². The Morgan fingerprint density at radius 1 is 1.03 bits per heavy atom. The Balaban J connectivity index is 1.68. The Morgan fingerprint density at radius 3 is 2.38 bits per heavy atom. The summed E-state index contributed by atoms with van der Waals surface area (Å²) in [7, 11) is 0.